The standard InChI is InChI=1S/C42H69N5O8/c1-13-27(7)38(46(11)41(52)36(25(3)4)44-40(51)37(26(5)6)45(10)34(48)14-2)33(55-12)24-35(49)47-22-18-21-32(47)28(8)29(9)39(50)43-31(42(53)54)23-30-19-16-15-17-20-30/h15-17,19-20,25-29,31-33,36-38H,13-14,18,21-24H2,1-12H3,(H,43,50)(H,44,51)(H,53,54)/t27-,28+,29+,31-,32-,33+,36-,37-,38?/m0/s1. The first-order valence-corrected chi connectivity index (χ1v) is 20.0. The van der Waals surface area contributed by atoms with Crippen LogP contribution in [0.3, 0.4) is 0 Å². The van der Waals surface area contributed by atoms with Gasteiger partial charge in [-0.2, -0.15) is 0 Å². The molecule has 310 valence electrons. The number of carbonyl (C=O) groups excluding carboxylic acids is 5. The second-order valence-corrected chi connectivity index (χ2v) is 16.1. The fraction of sp³-hybridized carbons (Fsp3) is 0.714. The predicted molar refractivity (Wildman–Crippen MR) is 213 cm³/mol. The second kappa shape index (κ2) is 21.9. The number of likely N-dealkylation sites (tertiary alicyclic amines) is 1. The number of methoxy groups -OCH3 is 1. The molecule has 55 heavy (non-hydrogen) atoms. The molecule has 0 radical (unpaired) electrons. The molecule has 1 heterocycles. The summed E-state index contributed by atoms with van der Waals surface area (Å²) in [4.78, 5) is 85.0. The molecule has 3 N–H and O–H groups in total. The molecule has 9 atom stereocenters. The molecule has 2 rings (SSSR count). The summed E-state index contributed by atoms with van der Waals surface area (Å²) in [6, 6.07) is 5.68. The molecule has 1 fully saturated rings. The Bertz CT molecular complexity index is 1440. The molecule has 0 saturated carbocycles. The van der Waals surface area contributed by atoms with Crippen LogP contribution in [0.25, 0.3) is 0 Å². The van der Waals surface area contributed by atoms with Crippen LogP contribution in [0.4, 0.5) is 0 Å². The van der Waals surface area contributed by atoms with Crippen molar-refractivity contribution in [2.75, 3.05) is 27.7 Å². The van der Waals surface area contributed by atoms with E-state index in [4.69, 9.17) is 4.74 Å². The maximum absolute atomic E-state index is 14.3. The van der Waals surface area contributed by atoms with Crippen LogP contribution in [0.15, 0.2) is 30.3 Å². The maximum atomic E-state index is 14.3. The third kappa shape index (κ3) is 12.5. The van der Waals surface area contributed by atoms with E-state index in [0.29, 0.717) is 19.4 Å². The van der Waals surface area contributed by atoms with Crippen molar-refractivity contribution in [3.05, 3.63) is 35.9 Å². The quantitative estimate of drug-likeness (QED) is 0.166. The molecule has 0 bridgehead atoms. The van der Waals surface area contributed by atoms with Crippen molar-refractivity contribution in [3.63, 3.8) is 0 Å². The molecule has 13 nitrogen and oxygen atoms in total. The highest BCUT2D eigenvalue weighted by Crippen LogP contribution is 2.31. The SMILES string of the molecule is CCC(=O)N(C)[C@H](C(=O)N[C@H](C(=O)N(C)C([C@@H](C)CC)[C@@H](CC(=O)N1CCC[C@H]1[C@H](C)[C@@H](C)C(=O)N[C@@H](Cc1ccccc1)C(=O)O)OC)C(C)C)C(C)C. The highest BCUT2D eigenvalue weighted by Gasteiger charge is 2.42. The average Bonchev–Trinajstić information content (AvgIpc) is 3.65. The first-order chi connectivity index (χ1) is 25.8. The Kier molecular flexibility index (Phi) is 18.8. The van der Waals surface area contributed by atoms with Gasteiger partial charge in [-0.15, -0.1) is 0 Å². The van der Waals surface area contributed by atoms with Gasteiger partial charge in [0.25, 0.3) is 0 Å². The molecule has 0 aromatic heterocycles. The van der Waals surface area contributed by atoms with E-state index in [0.717, 1.165) is 12.0 Å². The molecular formula is C42H69N5O8. The minimum absolute atomic E-state index is 0.00311. The van der Waals surface area contributed by atoms with Gasteiger partial charge in [-0.3, -0.25) is 24.0 Å². The molecule has 13 heteroatoms. The van der Waals surface area contributed by atoms with Crippen LogP contribution in [0.2, 0.25) is 0 Å². The fourth-order valence-electron chi connectivity index (χ4n) is 7.89. The van der Waals surface area contributed by atoms with Gasteiger partial charge in [0.05, 0.1) is 18.6 Å². The number of aliphatic carboxylic acids is 1. The molecule has 1 aliphatic rings. The van der Waals surface area contributed by atoms with Gasteiger partial charge in [0.15, 0.2) is 0 Å². The van der Waals surface area contributed by atoms with Crippen molar-refractivity contribution in [1.82, 2.24) is 25.3 Å². The number of ether oxygens (including phenoxy) is 1. The molecular weight excluding hydrogens is 702 g/mol. The summed E-state index contributed by atoms with van der Waals surface area (Å²) >= 11 is 0. The first kappa shape index (κ1) is 47.2. The minimum Gasteiger partial charge on any atom is -0.480 e. The highest BCUT2D eigenvalue weighted by molar-refractivity contribution is 5.92. The molecule has 1 aromatic carbocycles. The van der Waals surface area contributed by atoms with Gasteiger partial charge in [-0.1, -0.05) is 99.1 Å². The number of hydrogen-bond acceptors (Lipinski definition) is 7. The number of rotatable bonds is 21. The molecule has 1 saturated heterocycles. The molecule has 1 unspecified atom stereocenters. The zero-order chi connectivity index (χ0) is 41.7. The number of hydrogen-bond donors (Lipinski definition) is 3. The fourth-order valence-corrected chi connectivity index (χ4v) is 7.89. The number of nitrogens with zero attached hydrogens (tertiary/aromatic N) is 3. The number of carboxylic acid groups (broad SMARTS) is 1. The Morgan fingerprint density at radius 1 is 0.891 bits per heavy atom. The van der Waals surface area contributed by atoms with Gasteiger partial charge in [-0.05, 0) is 42.1 Å². The summed E-state index contributed by atoms with van der Waals surface area (Å²) in [6.07, 6.45) is 1.91. The lowest BCUT2D eigenvalue weighted by Crippen LogP contribution is -2.60. The van der Waals surface area contributed by atoms with Gasteiger partial charge in [0.2, 0.25) is 29.5 Å². The van der Waals surface area contributed by atoms with Crippen molar-refractivity contribution in [3.8, 4) is 0 Å². The summed E-state index contributed by atoms with van der Waals surface area (Å²) in [6.45, 7) is 17.4. The Labute approximate surface area is 329 Å². The van der Waals surface area contributed by atoms with Gasteiger partial charge >= 0.3 is 5.97 Å². The van der Waals surface area contributed by atoms with E-state index >= 15 is 0 Å². The van der Waals surface area contributed by atoms with E-state index in [-0.39, 0.29) is 72.6 Å². The largest absolute Gasteiger partial charge is 0.480 e. The van der Waals surface area contributed by atoms with Gasteiger partial charge in [-0.25, -0.2) is 4.79 Å². The predicted octanol–water partition coefficient (Wildman–Crippen LogP) is 4.37. The highest BCUT2D eigenvalue weighted by atomic mass is 16.5. The van der Waals surface area contributed by atoms with Crippen molar-refractivity contribution in [1.29, 1.82) is 0 Å². The lowest BCUT2D eigenvalue weighted by Gasteiger charge is -2.41. The molecule has 0 spiro atoms. The van der Waals surface area contributed by atoms with Gasteiger partial charge < -0.3 is 35.2 Å². The Balaban J connectivity index is 2.26. The van der Waals surface area contributed by atoms with E-state index in [1.165, 1.54) is 12.0 Å². The van der Waals surface area contributed by atoms with Crippen LogP contribution < -0.4 is 10.6 Å². The molecule has 1 aliphatic heterocycles. The summed E-state index contributed by atoms with van der Waals surface area (Å²) in [5.41, 5.74) is 0.802. The van der Waals surface area contributed by atoms with E-state index in [9.17, 15) is 33.9 Å². The average molecular weight is 772 g/mol. The van der Waals surface area contributed by atoms with Crippen molar-refractivity contribution < 1.29 is 38.6 Å². The number of likely N-dealkylation sites (N-methyl/N-ethyl adjacent to an activating group) is 2. The van der Waals surface area contributed by atoms with Crippen LogP contribution >= 0.6 is 0 Å². The van der Waals surface area contributed by atoms with E-state index < -0.39 is 48.1 Å². The Morgan fingerprint density at radius 2 is 1.51 bits per heavy atom. The van der Waals surface area contributed by atoms with Crippen molar-refractivity contribution in [2.24, 2.45) is 29.6 Å². The first-order valence-electron chi connectivity index (χ1n) is 20.0. The summed E-state index contributed by atoms with van der Waals surface area (Å²) < 4.78 is 6.00. The third-order valence-electron chi connectivity index (χ3n) is 11.7. The number of amides is 5. The number of carboxylic acids is 1. The number of nitrogens with one attached hydrogen (secondary N) is 2. The summed E-state index contributed by atoms with van der Waals surface area (Å²) in [5, 5.41) is 15.5. The number of carbonyl (C=O) groups is 6. The van der Waals surface area contributed by atoms with Crippen LogP contribution in [0, 0.1) is 29.6 Å². The summed E-state index contributed by atoms with van der Waals surface area (Å²) in [7, 11) is 4.83. The van der Waals surface area contributed by atoms with Gasteiger partial charge in [0.1, 0.15) is 18.1 Å². The van der Waals surface area contributed by atoms with Crippen molar-refractivity contribution >= 4 is 35.5 Å². The van der Waals surface area contributed by atoms with Crippen LogP contribution in [-0.4, -0.2) is 119 Å². The smallest absolute Gasteiger partial charge is 0.326 e. The molecule has 1 aromatic rings. The second-order valence-electron chi connectivity index (χ2n) is 16.1. The zero-order valence-electron chi connectivity index (χ0n) is 35.3. The zero-order valence-corrected chi connectivity index (χ0v) is 35.3. The minimum atomic E-state index is -1.11. The van der Waals surface area contributed by atoms with E-state index in [2.05, 4.69) is 10.6 Å². The van der Waals surface area contributed by atoms with Crippen LogP contribution in [0.5, 0.6) is 0 Å². The summed E-state index contributed by atoms with van der Waals surface area (Å²) in [5.74, 6) is -3.86. The third-order valence-corrected chi connectivity index (χ3v) is 11.7. The topological polar surface area (TPSA) is 166 Å². The number of benzene rings is 1. The maximum Gasteiger partial charge on any atom is 0.326 e. The molecule has 0 aliphatic carbocycles. The molecule has 5 amide bonds. The monoisotopic (exact) mass is 772 g/mol. The van der Waals surface area contributed by atoms with Gasteiger partial charge in [0, 0.05) is 52.6 Å². The van der Waals surface area contributed by atoms with E-state index in [1.54, 1.807) is 32.8 Å². The van der Waals surface area contributed by atoms with E-state index in [1.807, 2.05) is 83.7 Å². The van der Waals surface area contributed by atoms with Crippen molar-refractivity contribution in [2.45, 2.75) is 137 Å². The van der Waals surface area contributed by atoms with Crippen LogP contribution in [0.1, 0.15) is 100.0 Å². The lowest BCUT2D eigenvalue weighted by atomic mass is 9.86. The Hall–Kier alpha value is -4.00. The Morgan fingerprint density at radius 3 is 2.02 bits per heavy atom. The van der Waals surface area contributed by atoms with Crippen LogP contribution in [-0.2, 0) is 39.9 Å². The normalized spacial score (nSPS) is 18.7. The lowest BCUT2D eigenvalue weighted by molar-refractivity contribution is -0.148.